The molecule has 3 aromatic carbocycles. The lowest BCUT2D eigenvalue weighted by atomic mass is 9.83. The molecular formula is C29H19ClF3N3O5S2. The van der Waals surface area contributed by atoms with Crippen molar-refractivity contribution in [2.45, 2.75) is 22.4 Å². The third-order valence-electron chi connectivity index (χ3n) is 6.99. The topological polar surface area (TPSA) is 109 Å². The maximum atomic E-state index is 13.7. The van der Waals surface area contributed by atoms with Crippen LogP contribution in [0.15, 0.2) is 82.6 Å². The minimum Gasteiger partial charge on any atom is -0.484 e. The van der Waals surface area contributed by atoms with E-state index in [2.05, 4.69) is 10.3 Å². The molecule has 1 saturated heterocycles. The number of imide groups is 1. The van der Waals surface area contributed by atoms with E-state index >= 15 is 0 Å². The number of fused-ring (bicyclic) bond motifs is 2. The monoisotopic (exact) mass is 645 g/mol. The molecule has 0 radical (unpaired) electrons. The molecule has 1 aromatic heterocycles. The second-order valence-electron chi connectivity index (χ2n) is 9.72. The maximum absolute atomic E-state index is 13.7. The summed E-state index contributed by atoms with van der Waals surface area (Å²) in [5, 5.41) is 2.61. The van der Waals surface area contributed by atoms with Crippen LogP contribution in [0.25, 0.3) is 0 Å². The van der Waals surface area contributed by atoms with E-state index in [0.29, 0.717) is 31.9 Å². The van der Waals surface area contributed by atoms with Crippen molar-refractivity contribution in [1.82, 2.24) is 4.98 Å². The number of carbonyl (C=O) groups is 3. The zero-order valence-corrected chi connectivity index (χ0v) is 24.1. The summed E-state index contributed by atoms with van der Waals surface area (Å²) in [5.74, 6) is -2.53. The van der Waals surface area contributed by atoms with Gasteiger partial charge in [0.25, 0.3) is 5.91 Å². The number of nitrogens with zero attached hydrogens (tertiary/aromatic N) is 1. The van der Waals surface area contributed by atoms with Gasteiger partial charge >= 0.3 is 11.0 Å². The van der Waals surface area contributed by atoms with Crippen molar-refractivity contribution in [3.63, 3.8) is 0 Å². The molecule has 6 rings (SSSR count). The number of nitrogens with one attached hydrogen (secondary N) is 2. The molecule has 3 amide bonds. The van der Waals surface area contributed by atoms with Crippen LogP contribution in [0.1, 0.15) is 21.9 Å². The quantitative estimate of drug-likeness (QED) is 0.252. The number of thioether (sulfide) groups is 1. The lowest BCUT2D eigenvalue weighted by Crippen LogP contribution is -2.32. The van der Waals surface area contributed by atoms with Gasteiger partial charge in [-0.2, -0.15) is 13.2 Å². The Kier molecular flexibility index (Phi) is 7.57. The summed E-state index contributed by atoms with van der Waals surface area (Å²) in [6, 6.07) is 17.2. The molecule has 3 atom stereocenters. The molecule has 1 fully saturated rings. The number of rotatable bonds is 6. The normalized spacial score (nSPS) is 19.6. The van der Waals surface area contributed by atoms with Gasteiger partial charge < -0.3 is 15.0 Å². The van der Waals surface area contributed by atoms with E-state index < -0.39 is 53.2 Å². The van der Waals surface area contributed by atoms with Crippen molar-refractivity contribution >= 4 is 63.8 Å². The van der Waals surface area contributed by atoms with Crippen LogP contribution in [0, 0.1) is 5.92 Å². The zero-order chi connectivity index (χ0) is 30.5. The largest absolute Gasteiger partial charge is 0.484 e. The van der Waals surface area contributed by atoms with Gasteiger partial charge in [-0.15, -0.1) is 0 Å². The van der Waals surface area contributed by atoms with Gasteiger partial charge in [-0.1, -0.05) is 52.9 Å². The van der Waals surface area contributed by atoms with Crippen LogP contribution >= 0.6 is 34.7 Å². The lowest BCUT2D eigenvalue weighted by Gasteiger charge is -2.29. The number of aromatic nitrogens is 1. The summed E-state index contributed by atoms with van der Waals surface area (Å²) in [5.41, 5.74) is 0.150. The third-order valence-corrected chi connectivity index (χ3v) is 9.64. The van der Waals surface area contributed by atoms with Gasteiger partial charge in [0.2, 0.25) is 11.8 Å². The SMILES string of the molecule is O=C(COc1ccc(C2c3sc(=O)[nH]c3SC3C(=O)N(c4ccc(Cl)cc4)C(=O)C32)cc1)Nc1cccc(C(F)(F)F)c1. The fourth-order valence-electron chi connectivity index (χ4n) is 5.11. The number of ether oxygens (including phenoxy) is 1. The van der Waals surface area contributed by atoms with Crippen molar-refractivity contribution < 1.29 is 32.3 Å². The highest BCUT2D eigenvalue weighted by atomic mass is 35.5. The van der Waals surface area contributed by atoms with Crippen molar-refractivity contribution in [2.24, 2.45) is 5.92 Å². The number of hydrogen-bond acceptors (Lipinski definition) is 7. The summed E-state index contributed by atoms with van der Waals surface area (Å²) in [6.07, 6.45) is -4.54. The lowest BCUT2D eigenvalue weighted by molar-refractivity contribution is -0.137. The van der Waals surface area contributed by atoms with Crippen LogP contribution in [0.5, 0.6) is 5.75 Å². The first-order valence-corrected chi connectivity index (χ1v) is 14.8. The first-order chi connectivity index (χ1) is 20.5. The van der Waals surface area contributed by atoms with E-state index in [1.165, 1.54) is 12.1 Å². The Hall–Kier alpha value is -4.07. The Labute approximate surface area is 254 Å². The summed E-state index contributed by atoms with van der Waals surface area (Å²) < 4.78 is 44.4. The molecule has 8 nitrogen and oxygen atoms in total. The highest BCUT2D eigenvalue weighted by Crippen LogP contribution is 2.53. The molecule has 14 heteroatoms. The summed E-state index contributed by atoms with van der Waals surface area (Å²) in [4.78, 5) is 56.1. The molecule has 2 aliphatic rings. The van der Waals surface area contributed by atoms with Crippen LogP contribution < -0.4 is 19.8 Å². The van der Waals surface area contributed by atoms with Gasteiger partial charge in [-0.25, -0.2) is 4.90 Å². The Bertz CT molecular complexity index is 1790. The summed E-state index contributed by atoms with van der Waals surface area (Å²) in [7, 11) is 0. The predicted molar refractivity (Wildman–Crippen MR) is 156 cm³/mol. The molecule has 3 unspecified atom stereocenters. The van der Waals surface area contributed by atoms with Crippen LogP contribution in [-0.2, 0) is 20.6 Å². The van der Waals surface area contributed by atoms with E-state index in [-0.39, 0.29) is 10.6 Å². The predicted octanol–water partition coefficient (Wildman–Crippen LogP) is 5.92. The number of aromatic amines is 1. The molecule has 220 valence electrons. The average Bonchev–Trinajstić information content (AvgIpc) is 3.46. The second-order valence-corrected chi connectivity index (χ2v) is 12.3. The van der Waals surface area contributed by atoms with Crippen LogP contribution in [0.4, 0.5) is 24.5 Å². The van der Waals surface area contributed by atoms with Crippen molar-refractivity contribution in [1.29, 1.82) is 0 Å². The number of thiazole rings is 1. The van der Waals surface area contributed by atoms with Gasteiger partial charge in [0.15, 0.2) is 6.61 Å². The Morgan fingerprint density at radius 3 is 2.42 bits per heavy atom. The minimum atomic E-state index is -4.54. The average molecular weight is 646 g/mol. The molecule has 2 aliphatic heterocycles. The molecular weight excluding hydrogens is 627 g/mol. The minimum absolute atomic E-state index is 0.0202. The number of hydrogen-bond donors (Lipinski definition) is 2. The molecule has 0 aliphatic carbocycles. The van der Waals surface area contributed by atoms with Crippen molar-refractivity contribution in [3.05, 3.63) is 103 Å². The van der Waals surface area contributed by atoms with E-state index in [1.54, 1.807) is 48.5 Å². The number of amides is 3. The number of halogens is 4. The van der Waals surface area contributed by atoms with Gasteiger partial charge in [-0.05, 0) is 60.2 Å². The van der Waals surface area contributed by atoms with Crippen LogP contribution in [0.3, 0.4) is 0 Å². The molecule has 4 aromatic rings. The number of benzene rings is 3. The van der Waals surface area contributed by atoms with Crippen LogP contribution in [-0.4, -0.2) is 34.6 Å². The Balaban J connectivity index is 1.21. The summed E-state index contributed by atoms with van der Waals surface area (Å²) in [6.45, 7) is -0.465. The molecule has 0 spiro atoms. The molecule has 3 heterocycles. The van der Waals surface area contributed by atoms with Crippen molar-refractivity contribution in [3.8, 4) is 5.75 Å². The molecule has 0 bridgehead atoms. The highest BCUT2D eigenvalue weighted by molar-refractivity contribution is 8.00. The smallest absolute Gasteiger partial charge is 0.416 e. The Morgan fingerprint density at radius 2 is 1.72 bits per heavy atom. The zero-order valence-electron chi connectivity index (χ0n) is 21.7. The first kappa shape index (κ1) is 29.0. The number of H-pyrrole nitrogens is 1. The molecule has 2 N–H and O–H groups in total. The van der Waals surface area contributed by atoms with E-state index in [0.717, 1.165) is 40.1 Å². The summed E-state index contributed by atoms with van der Waals surface area (Å²) >= 11 is 8.13. The first-order valence-electron chi connectivity index (χ1n) is 12.7. The number of anilines is 2. The van der Waals surface area contributed by atoms with Gasteiger partial charge in [0.1, 0.15) is 11.0 Å². The highest BCUT2D eigenvalue weighted by Gasteiger charge is 2.56. The van der Waals surface area contributed by atoms with E-state index in [9.17, 15) is 32.3 Å². The van der Waals surface area contributed by atoms with E-state index in [4.69, 9.17) is 16.3 Å². The third kappa shape index (κ3) is 5.67. The van der Waals surface area contributed by atoms with Crippen molar-refractivity contribution in [2.75, 3.05) is 16.8 Å². The number of carbonyl (C=O) groups excluding carboxylic acids is 3. The maximum Gasteiger partial charge on any atom is 0.416 e. The molecule has 43 heavy (non-hydrogen) atoms. The standard InChI is InChI=1S/C29H19ClF3N3O5S2/c30-16-6-8-18(9-7-16)36-26(38)22-21(23-25(35-28(40)43-23)42-24(22)27(36)39)14-4-10-19(11-5-14)41-13-20(37)34-17-3-1-2-15(12-17)29(31,32)33/h1-12,21-22,24H,13H2,(H,34,37)(H,35,40). The molecule has 0 saturated carbocycles. The van der Waals surface area contributed by atoms with Gasteiger partial charge in [-0.3, -0.25) is 19.2 Å². The fourth-order valence-corrected chi connectivity index (χ4v) is 7.75. The fraction of sp³-hybridized carbons (Fsp3) is 0.172. The Morgan fingerprint density at radius 1 is 1.00 bits per heavy atom. The van der Waals surface area contributed by atoms with Crippen LogP contribution in [0.2, 0.25) is 5.02 Å². The van der Waals surface area contributed by atoms with Gasteiger partial charge in [0.05, 0.1) is 22.2 Å². The van der Waals surface area contributed by atoms with E-state index in [1.807, 2.05) is 0 Å². The van der Waals surface area contributed by atoms with Gasteiger partial charge in [0, 0.05) is 21.5 Å². The number of alkyl halides is 3. The second kappa shape index (κ2) is 11.2.